The second-order valence-electron chi connectivity index (χ2n) is 13.0. The molecule has 2 aromatic heterocycles. The fraction of sp³-hybridized carbons (Fsp3) is 0.515. The van der Waals surface area contributed by atoms with Crippen molar-refractivity contribution in [3.05, 3.63) is 42.2 Å². The molecule has 3 heterocycles. The highest BCUT2D eigenvalue weighted by Gasteiger charge is 2.36. The zero-order valence-electron chi connectivity index (χ0n) is 26.3. The standard InChI is InChI=1S/C33H42N6O4/c1-20-16-38(17-21(2)39(20)32(40)43-33(3,4)5)24-11-12-27-25(14-24)30(22-9-8-10-22)35-31(34-27)26-13-23-18-37(6)36-28(23)15-29(26)42-19-41-7/h11-15,18,20-22H,8-10,16-17,19H2,1-7H3/t20-,21+. The molecule has 4 aromatic rings. The molecular formula is C33H42N6O4. The molecule has 6 rings (SSSR count). The second-order valence-corrected chi connectivity index (χ2v) is 13.0. The van der Waals surface area contributed by atoms with Gasteiger partial charge in [-0.3, -0.25) is 9.58 Å². The maximum atomic E-state index is 13.0. The van der Waals surface area contributed by atoms with E-state index in [-0.39, 0.29) is 25.0 Å². The number of ether oxygens (including phenoxy) is 3. The Kier molecular flexibility index (Phi) is 7.66. The molecule has 2 atom stereocenters. The number of hydrogen-bond acceptors (Lipinski definition) is 8. The molecule has 1 aliphatic carbocycles. The summed E-state index contributed by atoms with van der Waals surface area (Å²) in [7, 11) is 3.52. The summed E-state index contributed by atoms with van der Waals surface area (Å²) in [4.78, 5) is 27.5. The van der Waals surface area contributed by atoms with Crippen molar-refractivity contribution in [3.8, 4) is 17.1 Å². The third-order valence-electron chi connectivity index (χ3n) is 8.38. The lowest BCUT2D eigenvalue weighted by Gasteiger charge is -2.45. The largest absolute Gasteiger partial charge is 0.467 e. The van der Waals surface area contributed by atoms with E-state index >= 15 is 0 Å². The highest BCUT2D eigenvalue weighted by Crippen LogP contribution is 2.41. The average Bonchev–Trinajstić information content (AvgIpc) is 3.27. The topological polar surface area (TPSA) is 94.8 Å². The van der Waals surface area contributed by atoms with Crippen LogP contribution in [0.4, 0.5) is 10.5 Å². The molecule has 43 heavy (non-hydrogen) atoms. The number of carbonyl (C=O) groups is 1. The van der Waals surface area contributed by atoms with E-state index in [1.54, 1.807) is 11.8 Å². The number of benzene rings is 2. The molecule has 1 amide bonds. The maximum Gasteiger partial charge on any atom is 0.410 e. The van der Waals surface area contributed by atoms with E-state index in [9.17, 15) is 4.79 Å². The van der Waals surface area contributed by atoms with Gasteiger partial charge in [-0.15, -0.1) is 0 Å². The Morgan fingerprint density at radius 2 is 1.77 bits per heavy atom. The van der Waals surface area contributed by atoms with E-state index in [2.05, 4.69) is 48.1 Å². The van der Waals surface area contributed by atoms with Gasteiger partial charge in [-0.1, -0.05) is 6.42 Å². The van der Waals surface area contributed by atoms with Crippen molar-refractivity contribution in [2.75, 3.05) is 31.9 Å². The first-order chi connectivity index (χ1) is 20.5. The van der Waals surface area contributed by atoms with Gasteiger partial charge >= 0.3 is 6.09 Å². The molecule has 2 aromatic carbocycles. The molecule has 10 heteroatoms. The van der Waals surface area contributed by atoms with Crippen LogP contribution >= 0.6 is 0 Å². The number of fused-ring (bicyclic) bond motifs is 2. The first kappa shape index (κ1) is 29.2. The van der Waals surface area contributed by atoms with Crippen molar-refractivity contribution in [2.24, 2.45) is 7.05 Å². The molecule has 0 bridgehead atoms. The summed E-state index contributed by atoms with van der Waals surface area (Å²) in [5.74, 6) is 1.69. The minimum Gasteiger partial charge on any atom is -0.467 e. The summed E-state index contributed by atoms with van der Waals surface area (Å²) < 4.78 is 18.7. The van der Waals surface area contributed by atoms with Gasteiger partial charge in [0.1, 0.15) is 11.4 Å². The summed E-state index contributed by atoms with van der Waals surface area (Å²) in [6.45, 7) is 11.5. The van der Waals surface area contributed by atoms with E-state index < -0.39 is 5.60 Å². The zero-order chi connectivity index (χ0) is 30.5. The summed E-state index contributed by atoms with van der Waals surface area (Å²) in [5.41, 5.74) is 4.26. The molecular weight excluding hydrogens is 544 g/mol. The van der Waals surface area contributed by atoms with E-state index in [0.29, 0.717) is 17.5 Å². The van der Waals surface area contributed by atoms with Crippen LogP contribution in [0.25, 0.3) is 33.2 Å². The van der Waals surface area contributed by atoms with Crippen molar-refractivity contribution < 1.29 is 19.0 Å². The predicted octanol–water partition coefficient (Wildman–Crippen LogP) is 6.27. The van der Waals surface area contributed by atoms with Gasteiger partial charge in [-0.2, -0.15) is 5.10 Å². The minimum atomic E-state index is -0.525. The summed E-state index contributed by atoms with van der Waals surface area (Å²) >= 11 is 0. The number of methoxy groups -OCH3 is 1. The lowest BCUT2D eigenvalue weighted by Crippen LogP contribution is -2.59. The van der Waals surface area contributed by atoms with Gasteiger partial charge in [0.2, 0.25) is 0 Å². The number of hydrogen-bond donors (Lipinski definition) is 0. The highest BCUT2D eigenvalue weighted by atomic mass is 16.7. The maximum absolute atomic E-state index is 13.0. The van der Waals surface area contributed by atoms with Crippen LogP contribution in [0.15, 0.2) is 36.5 Å². The van der Waals surface area contributed by atoms with Crippen LogP contribution in [0.5, 0.6) is 5.75 Å². The Hall–Kier alpha value is -3.92. The quantitative estimate of drug-likeness (QED) is 0.244. The number of amides is 1. The number of aryl methyl sites for hydroxylation is 1. The fourth-order valence-corrected chi connectivity index (χ4v) is 6.25. The Morgan fingerprint density at radius 3 is 2.42 bits per heavy atom. The first-order valence-electron chi connectivity index (χ1n) is 15.2. The van der Waals surface area contributed by atoms with Crippen LogP contribution in [-0.2, 0) is 16.5 Å². The van der Waals surface area contributed by atoms with Crippen LogP contribution in [0.2, 0.25) is 0 Å². The highest BCUT2D eigenvalue weighted by molar-refractivity contribution is 5.90. The Balaban J connectivity index is 1.36. The lowest BCUT2D eigenvalue weighted by atomic mass is 9.81. The molecule has 0 spiro atoms. The van der Waals surface area contributed by atoms with Crippen molar-refractivity contribution in [3.63, 3.8) is 0 Å². The van der Waals surface area contributed by atoms with Gasteiger partial charge in [0, 0.05) is 61.9 Å². The van der Waals surface area contributed by atoms with E-state index in [1.165, 1.54) is 6.42 Å². The molecule has 2 fully saturated rings. The van der Waals surface area contributed by atoms with Crippen molar-refractivity contribution in [1.82, 2.24) is 24.6 Å². The van der Waals surface area contributed by atoms with Gasteiger partial charge < -0.3 is 19.1 Å². The number of piperazine rings is 1. The summed E-state index contributed by atoms with van der Waals surface area (Å²) in [6.07, 6.45) is 5.18. The molecule has 1 aliphatic heterocycles. The van der Waals surface area contributed by atoms with Crippen LogP contribution < -0.4 is 9.64 Å². The Morgan fingerprint density at radius 1 is 1.02 bits per heavy atom. The molecule has 2 aliphatic rings. The third kappa shape index (κ3) is 5.85. The van der Waals surface area contributed by atoms with Crippen molar-refractivity contribution in [2.45, 2.75) is 77.5 Å². The normalized spacial score (nSPS) is 19.6. The smallest absolute Gasteiger partial charge is 0.410 e. The zero-order valence-corrected chi connectivity index (χ0v) is 26.3. The SMILES string of the molecule is COCOc1cc2nn(C)cc2cc1-c1nc(C2CCC2)c2cc(N3C[C@@H](C)N(C(=O)OC(C)(C)C)[C@@H](C)C3)ccc2n1. The average molecular weight is 587 g/mol. The number of anilines is 1. The Bertz CT molecular complexity index is 1640. The van der Waals surface area contributed by atoms with Gasteiger partial charge in [-0.05, 0) is 71.7 Å². The number of nitrogens with zero attached hydrogens (tertiary/aromatic N) is 6. The van der Waals surface area contributed by atoms with E-state index in [1.807, 2.05) is 45.0 Å². The number of carbonyl (C=O) groups excluding carboxylic acids is 1. The van der Waals surface area contributed by atoms with Crippen molar-refractivity contribution in [1.29, 1.82) is 0 Å². The minimum absolute atomic E-state index is 0.00643. The van der Waals surface area contributed by atoms with Crippen molar-refractivity contribution >= 4 is 33.6 Å². The van der Waals surface area contributed by atoms with Crippen LogP contribution in [0.3, 0.4) is 0 Å². The molecule has 0 N–H and O–H groups in total. The molecule has 0 unspecified atom stereocenters. The fourth-order valence-electron chi connectivity index (χ4n) is 6.25. The third-order valence-corrected chi connectivity index (χ3v) is 8.38. The number of rotatable bonds is 6. The van der Waals surface area contributed by atoms with Gasteiger partial charge in [0.25, 0.3) is 0 Å². The summed E-state index contributed by atoms with van der Waals surface area (Å²) in [6, 6.07) is 10.5. The second kappa shape index (κ2) is 11.3. The van der Waals surface area contributed by atoms with Crippen LogP contribution in [0.1, 0.15) is 65.5 Å². The van der Waals surface area contributed by atoms with Crippen LogP contribution in [0, 0.1) is 0 Å². The number of aromatic nitrogens is 4. The van der Waals surface area contributed by atoms with Gasteiger partial charge in [0.15, 0.2) is 12.6 Å². The molecule has 228 valence electrons. The Labute approximate surface area is 252 Å². The van der Waals surface area contributed by atoms with E-state index in [0.717, 1.165) is 64.7 Å². The first-order valence-corrected chi connectivity index (χ1v) is 15.2. The molecule has 10 nitrogen and oxygen atoms in total. The molecule has 1 saturated heterocycles. The van der Waals surface area contributed by atoms with Gasteiger partial charge in [-0.25, -0.2) is 14.8 Å². The monoisotopic (exact) mass is 586 g/mol. The van der Waals surface area contributed by atoms with E-state index in [4.69, 9.17) is 24.2 Å². The molecule has 0 radical (unpaired) electrons. The molecule has 1 saturated carbocycles. The lowest BCUT2D eigenvalue weighted by molar-refractivity contribution is 0.00565. The summed E-state index contributed by atoms with van der Waals surface area (Å²) in [5, 5.41) is 6.64. The predicted molar refractivity (Wildman–Crippen MR) is 168 cm³/mol. The van der Waals surface area contributed by atoms with Gasteiger partial charge in [0.05, 0.1) is 34.4 Å². The van der Waals surface area contributed by atoms with Crippen LogP contribution in [-0.4, -0.2) is 75.4 Å².